The van der Waals surface area contributed by atoms with Crippen LogP contribution in [0.25, 0.3) is 0 Å². The van der Waals surface area contributed by atoms with Gasteiger partial charge in [-0.1, -0.05) is 24.3 Å². The summed E-state index contributed by atoms with van der Waals surface area (Å²) >= 11 is 0. The summed E-state index contributed by atoms with van der Waals surface area (Å²) in [5.41, 5.74) is 3.87. The van der Waals surface area contributed by atoms with Gasteiger partial charge in [0.15, 0.2) is 11.5 Å². The van der Waals surface area contributed by atoms with Gasteiger partial charge in [-0.25, -0.2) is 9.18 Å². The average molecular weight is 426 g/mol. The fraction of sp³-hybridized carbons (Fsp3) is 0.292. The Morgan fingerprint density at radius 3 is 2.39 bits per heavy atom. The Kier molecular flexibility index (Phi) is 6.97. The van der Waals surface area contributed by atoms with Crippen LogP contribution in [0.5, 0.6) is 11.5 Å². The molecule has 7 heteroatoms. The van der Waals surface area contributed by atoms with Crippen LogP contribution in [0.2, 0.25) is 0 Å². The lowest BCUT2D eigenvalue weighted by Gasteiger charge is -2.12. The highest BCUT2D eigenvalue weighted by atomic mass is 19.1. The fourth-order valence-corrected chi connectivity index (χ4v) is 3.81. The standard InChI is InChI=1S/C24H27FN2O4/c1-15-19(13-26-12-17-9-10-21(30-3)22(11-17)31-4)23(24(28)29)16(2)27(15)14-18-7-5-6-8-20(18)25/h5-11,26H,12-14H2,1-4H3,(H,28,29). The van der Waals surface area contributed by atoms with Crippen LogP contribution in [0.4, 0.5) is 4.39 Å². The lowest BCUT2D eigenvalue weighted by atomic mass is 10.1. The molecule has 0 bridgehead atoms. The quantitative estimate of drug-likeness (QED) is 0.534. The number of aromatic nitrogens is 1. The van der Waals surface area contributed by atoms with Crippen molar-refractivity contribution >= 4 is 5.97 Å². The van der Waals surface area contributed by atoms with Gasteiger partial charge in [-0.15, -0.1) is 0 Å². The predicted molar refractivity (Wildman–Crippen MR) is 116 cm³/mol. The van der Waals surface area contributed by atoms with Crippen molar-refractivity contribution in [2.75, 3.05) is 14.2 Å². The molecule has 0 spiro atoms. The molecule has 3 rings (SSSR count). The summed E-state index contributed by atoms with van der Waals surface area (Å²) in [4.78, 5) is 12.0. The van der Waals surface area contributed by atoms with Crippen LogP contribution in [0.1, 0.15) is 38.4 Å². The molecule has 0 saturated carbocycles. The molecule has 0 fully saturated rings. The Morgan fingerprint density at radius 2 is 1.74 bits per heavy atom. The van der Waals surface area contributed by atoms with E-state index in [1.54, 1.807) is 39.3 Å². The van der Waals surface area contributed by atoms with Crippen LogP contribution >= 0.6 is 0 Å². The van der Waals surface area contributed by atoms with Crippen LogP contribution in [-0.4, -0.2) is 29.9 Å². The summed E-state index contributed by atoms with van der Waals surface area (Å²) < 4.78 is 26.6. The molecule has 1 aromatic heterocycles. The third-order valence-corrected chi connectivity index (χ3v) is 5.49. The van der Waals surface area contributed by atoms with E-state index in [1.165, 1.54) is 6.07 Å². The molecule has 0 aliphatic carbocycles. The van der Waals surface area contributed by atoms with Gasteiger partial charge in [-0.2, -0.15) is 0 Å². The Bertz CT molecular complexity index is 1090. The van der Waals surface area contributed by atoms with Gasteiger partial charge in [-0.05, 0) is 37.6 Å². The summed E-state index contributed by atoms with van der Waals surface area (Å²) in [5, 5.41) is 13.1. The number of rotatable bonds is 9. The maximum atomic E-state index is 14.1. The summed E-state index contributed by atoms with van der Waals surface area (Å²) in [7, 11) is 3.17. The molecule has 3 aromatic rings. The molecule has 0 aliphatic rings. The smallest absolute Gasteiger partial charge is 0.337 e. The predicted octanol–water partition coefficient (Wildman–Crippen LogP) is 4.30. The number of carboxylic acid groups (broad SMARTS) is 1. The number of carbonyl (C=O) groups is 1. The maximum absolute atomic E-state index is 14.1. The van der Waals surface area contributed by atoms with E-state index < -0.39 is 5.97 Å². The molecule has 0 radical (unpaired) electrons. The first-order valence-corrected chi connectivity index (χ1v) is 9.94. The highest BCUT2D eigenvalue weighted by Gasteiger charge is 2.23. The van der Waals surface area contributed by atoms with E-state index in [2.05, 4.69) is 5.32 Å². The number of nitrogens with one attached hydrogen (secondary N) is 1. The highest BCUT2D eigenvalue weighted by Crippen LogP contribution is 2.28. The van der Waals surface area contributed by atoms with Crippen LogP contribution in [0.3, 0.4) is 0 Å². The molecule has 0 amide bonds. The fourth-order valence-electron chi connectivity index (χ4n) is 3.81. The number of methoxy groups -OCH3 is 2. The van der Waals surface area contributed by atoms with Crippen molar-refractivity contribution in [3.63, 3.8) is 0 Å². The minimum Gasteiger partial charge on any atom is -0.493 e. The summed E-state index contributed by atoms with van der Waals surface area (Å²) in [5.74, 6) is -0.0111. The number of hydrogen-bond donors (Lipinski definition) is 2. The van der Waals surface area contributed by atoms with Gasteiger partial charge in [0.05, 0.1) is 26.3 Å². The molecular formula is C24H27FN2O4. The maximum Gasteiger partial charge on any atom is 0.337 e. The van der Waals surface area contributed by atoms with E-state index in [-0.39, 0.29) is 17.9 Å². The van der Waals surface area contributed by atoms with Gasteiger partial charge in [0.1, 0.15) is 5.82 Å². The average Bonchev–Trinajstić information content (AvgIpc) is 2.99. The van der Waals surface area contributed by atoms with Gasteiger partial charge in [0, 0.05) is 35.6 Å². The molecule has 0 aliphatic heterocycles. The molecule has 2 N–H and O–H groups in total. The normalized spacial score (nSPS) is 10.9. The van der Waals surface area contributed by atoms with E-state index in [0.29, 0.717) is 41.4 Å². The van der Waals surface area contributed by atoms with Gasteiger partial charge in [0.2, 0.25) is 0 Å². The van der Waals surface area contributed by atoms with Crippen molar-refractivity contribution in [3.8, 4) is 11.5 Å². The third kappa shape index (κ3) is 4.72. The topological polar surface area (TPSA) is 72.7 Å². The van der Waals surface area contributed by atoms with E-state index in [9.17, 15) is 14.3 Å². The minimum absolute atomic E-state index is 0.258. The van der Waals surface area contributed by atoms with Gasteiger partial charge in [0.25, 0.3) is 0 Å². The molecule has 0 unspecified atom stereocenters. The van der Waals surface area contributed by atoms with Crippen molar-refractivity contribution in [1.29, 1.82) is 0 Å². The van der Waals surface area contributed by atoms with Crippen molar-refractivity contribution < 1.29 is 23.8 Å². The number of aromatic carboxylic acids is 1. The van der Waals surface area contributed by atoms with Crippen LogP contribution < -0.4 is 14.8 Å². The summed E-state index contributed by atoms with van der Waals surface area (Å²) in [6.45, 7) is 4.80. The number of hydrogen-bond acceptors (Lipinski definition) is 4. The molecule has 2 aromatic carbocycles. The number of ether oxygens (including phenoxy) is 2. The van der Waals surface area contributed by atoms with Gasteiger partial charge >= 0.3 is 5.97 Å². The largest absolute Gasteiger partial charge is 0.493 e. The molecule has 6 nitrogen and oxygen atoms in total. The summed E-state index contributed by atoms with van der Waals surface area (Å²) in [6, 6.07) is 12.2. The molecular weight excluding hydrogens is 399 g/mol. The van der Waals surface area contributed by atoms with E-state index in [0.717, 1.165) is 11.3 Å². The number of nitrogens with zero attached hydrogens (tertiary/aromatic N) is 1. The second-order valence-electron chi connectivity index (χ2n) is 7.30. The Balaban J connectivity index is 1.82. The van der Waals surface area contributed by atoms with E-state index in [4.69, 9.17) is 9.47 Å². The van der Waals surface area contributed by atoms with Crippen LogP contribution in [0, 0.1) is 19.7 Å². The summed E-state index contributed by atoms with van der Waals surface area (Å²) in [6.07, 6.45) is 0. The molecule has 164 valence electrons. The number of benzene rings is 2. The monoisotopic (exact) mass is 426 g/mol. The van der Waals surface area contributed by atoms with E-state index >= 15 is 0 Å². The van der Waals surface area contributed by atoms with Crippen LogP contribution in [0.15, 0.2) is 42.5 Å². The zero-order chi connectivity index (χ0) is 22.5. The highest BCUT2D eigenvalue weighted by molar-refractivity contribution is 5.91. The number of halogens is 1. The molecule has 31 heavy (non-hydrogen) atoms. The van der Waals surface area contributed by atoms with Crippen molar-refractivity contribution in [2.24, 2.45) is 0 Å². The number of carboxylic acids is 1. The zero-order valence-corrected chi connectivity index (χ0v) is 18.2. The first kappa shape index (κ1) is 22.4. The first-order chi connectivity index (χ1) is 14.9. The minimum atomic E-state index is -0.990. The zero-order valence-electron chi connectivity index (χ0n) is 18.2. The Hall–Kier alpha value is -3.32. The van der Waals surface area contributed by atoms with Crippen molar-refractivity contribution in [2.45, 2.75) is 33.5 Å². The Labute approximate surface area is 181 Å². The molecule has 0 saturated heterocycles. The lowest BCUT2D eigenvalue weighted by Crippen LogP contribution is -2.15. The van der Waals surface area contributed by atoms with Crippen LogP contribution in [-0.2, 0) is 19.6 Å². The second-order valence-corrected chi connectivity index (χ2v) is 7.30. The van der Waals surface area contributed by atoms with Gasteiger partial charge < -0.3 is 24.5 Å². The molecule has 0 atom stereocenters. The lowest BCUT2D eigenvalue weighted by molar-refractivity contribution is 0.0694. The van der Waals surface area contributed by atoms with E-state index in [1.807, 2.05) is 29.7 Å². The Morgan fingerprint density at radius 1 is 1.03 bits per heavy atom. The first-order valence-electron chi connectivity index (χ1n) is 9.94. The molecule has 1 heterocycles. The van der Waals surface area contributed by atoms with Crippen molar-refractivity contribution in [3.05, 3.63) is 81.9 Å². The third-order valence-electron chi connectivity index (χ3n) is 5.49. The van der Waals surface area contributed by atoms with Crippen molar-refractivity contribution in [1.82, 2.24) is 9.88 Å². The second kappa shape index (κ2) is 9.66. The SMILES string of the molecule is COc1ccc(CNCc2c(C(=O)O)c(C)n(Cc3ccccc3F)c2C)cc1OC. The van der Waals surface area contributed by atoms with Gasteiger partial charge in [-0.3, -0.25) is 0 Å².